The molecule has 1 unspecified atom stereocenters. The first kappa shape index (κ1) is 14.2. The maximum absolute atomic E-state index is 11.3. The van der Waals surface area contributed by atoms with Crippen molar-refractivity contribution in [3.05, 3.63) is 0 Å². The number of nitrogens with one attached hydrogen (secondary N) is 1. The van der Waals surface area contributed by atoms with Gasteiger partial charge in [-0.1, -0.05) is 13.8 Å². The molecule has 0 rings (SSSR count). The molecule has 5 heteroatoms. The summed E-state index contributed by atoms with van der Waals surface area (Å²) in [6.45, 7) is 3.95. The molecule has 0 aliphatic heterocycles. The molecular formula is C10H18ClNO3. The van der Waals surface area contributed by atoms with E-state index in [1.807, 2.05) is 13.8 Å². The molecular weight excluding hydrogens is 218 g/mol. The van der Waals surface area contributed by atoms with Gasteiger partial charge < -0.3 is 10.1 Å². The Morgan fingerprint density at radius 3 is 2.40 bits per heavy atom. The van der Waals surface area contributed by atoms with E-state index in [2.05, 4.69) is 10.1 Å². The number of methoxy groups -OCH3 is 1. The normalized spacial score (nSPS) is 12.3. The standard InChI is InChI=1S/C10H18ClNO3/c1-7(2)6-8(10(14)15-3)12-9(13)4-5-11/h7-8H,4-6H2,1-3H3,(H,12,13). The molecule has 0 bridgehead atoms. The van der Waals surface area contributed by atoms with Crippen molar-refractivity contribution >= 4 is 23.5 Å². The molecule has 0 aliphatic rings. The van der Waals surface area contributed by atoms with Gasteiger partial charge >= 0.3 is 5.97 Å². The first-order valence-electron chi connectivity index (χ1n) is 4.94. The lowest BCUT2D eigenvalue weighted by molar-refractivity contribution is -0.145. The molecule has 0 radical (unpaired) electrons. The van der Waals surface area contributed by atoms with Crippen LogP contribution < -0.4 is 5.32 Å². The third kappa shape index (κ3) is 6.33. The van der Waals surface area contributed by atoms with E-state index in [0.717, 1.165) is 0 Å². The van der Waals surface area contributed by atoms with Crippen LogP contribution in [0.3, 0.4) is 0 Å². The molecule has 0 aliphatic carbocycles. The number of carbonyl (C=O) groups is 2. The van der Waals surface area contributed by atoms with Crippen LogP contribution in [0.15, 0.2) is 0 Å². The van der Waals surface area contributed by atoms with Gasteiger partial charge in [-0.15, -0.1) is 11.6 Å². The molecule has 88 valence electrons. The summed E-state index contributed by atoms with van der Waals surface area (Å²) >= 11 is 5.42. The second-order valence-electron chi connectivity index (χ2n) is 3.71. The maximum Gasteiger partial charge on any atom is 0.328 e. The highest BCUT2D eigenvalue weighted by molar-refractivity contribution is 6.18. The molecule has 0 heterocycles. The van der Waals surface area contributed by atoms with Crippen molar-refractivity contribution in [1.82, 2.24) is 5.32 Å². The second kappa shape index (κ2) is 7.51. The predicted octanol–water partition coefficient (Wildman–Crippen LogP) is 1.32. The molecule has 0 fully saturated rings. The van der Waals surface area contributed by atoms with Crippen LogP contribution in [0.25, 0.3) is 0 Å². The van der Waals surface area contributed by atoms with E-state index in [-0.39, 0.29) is 18.2 Å². The van der Waals surface area contributed by atoms with Gasteiger partial charge in [0.05, 0.1) is 7.11 Å². The lowest BCUT2D eigenvalue weighted by atomic mass is 10.0. The van der Waals surface area contributed by atoms with Crippen molar-refractivity contribution in [1.29, 1.82) is 0 Å². The third-order valence-corrected chi connectivity index (χ3v) is 2.04. The van der Waals surface area contributed by atoms with E-state index in [4.69, 9.17) is 11.6 Å². The van der Waals surface area contributed by atoms with Crippen molar-refractivity contribution in [2.45, 2.75) is 32.7 Å². The van der Waals surface area contributed by atoms with E-state index in [9.17, 15) is 9.59 Å². The number of esters is 1. The van der Waals surface area contributed by atoms with E-state index >= 15 is 0 Å². The summed E-state index contributed by atoms with van der Waals surface area (Å²) in [4.78, 5) is 22.6. The fourth-order valence-electron chi connectivity index (χ4n) is 1.18. The Morgan fingerprint density at radius 1 is 1.40 bits per heavy atom. The summed E-state index contributed by atoms with van der Waals surface area (Å²) in [5, 5.41) is 2.60. The van der Waals surface area contributed by atoms with Crippen LogP contribution in [-0.2, 0) is 14.3 Å². The monoisotopic (exact) mass is 235 g/mol. The molecule has 0 aromatic rings. The molecule has 0 spiro atoms. The van der Waals surface area contributed by atoms with Crippen LogP contribution in [0.5, 0.6) is 0 Å². The molecule has 4 nitrogen and oxygen atoms in total. The van der Waals surface area contributed by atoms with Crippen LogP contribution in [0.2, 0.25) is 0 Å². The molecule has 15 heavy (non-hydrogen) atoms. The molecule has 0 aromatic heterocycles. The van der Waals surface area contributed by atoms with E-state index in [1.54, 1.807) is 0 Å². The van der Waals surface area contributed by atoms with Crippen molar-refractivity contribution in [2.24, 2.45) is 5.92 Å². The van der Waals surface area contributed by atoms with Gasteiger partial charge in [0.25, 0.3) is 0 Å². The van der Waals surface area contributed by atoms with Gasteiger partial charge in [-0.05, 0) is 12.3 Å². The Kier molecular flexibility index (Phi) is 7.13. The zero-order valence-electron chi connectivity index (χ0n) is 9.38. The third-order valence-electron chi connectivity index (χ3n) is 1.85. The molecule has 0 aromatic carbocycles. The SMILES string of the molecule is COC(=O)C(CC(C)C)NC(=O)CCCl. The zero-order valence-corrected chi connectivity index (χ0v) is 10.1. The minimum absolute atomic E-state index is 0.215. The number of alkyl halides is 1. The van der Waals surface area contributed by atoms with E-state index in [0.29, 0.717) is 12.3 Å². The summed E-state index contributed by atoms with van der Waals surface area (Å²) < 4.78 is 4.61. The lowest BCUT2D eigenvalue weighted by Gasteiger charge is -2.17. The van der Waals surface area contributed by atoms with Crippen LogP contribution >= 0.6 is 11.6 Å². The Hall–Kier alpha value is -0.770. The van der Waals surface area contributed by atoms with Gasteiger partial charge in [-0.25, -0.2) is 4.79 Å². The maximum atomic E-state index is 11.3. The van der Waals surface area contributed by atoms with Gasteiger partial charge in [0.2, 0.25) is 5.91 Å². The smallest absolute Gasteiger partial charge is 0.328 e. The van der Waals surface area contributed by atoms with Gasteiger partial charge in [0, 0.05) is 12.3 Å². The molecule has 1 amide bonds. The van der Waals surface area contributed by atoms with Crippen LogP contribution in [0.4, 0.5) is 0 Å². The van der Waals surface area contributed by atoms with E-state index < -0.39 is 12.0 Å². The van der Waals surface area contributed by atoms with Crippen molar-refractivity contribution < 1.29 is 14.3 Å². The minimum atomic E-state index is -0.564. The van der Waals surface area contributed by atoms with Crippen molar-refractivity contribution in [3.8, 4) is 0 Å². The Labute approximate surface area is 95.3 Å². The fourth-order valence-corrected chi connectivity index (χ4v) is 1.35. The highest BCUT2D eigenvalue weighted by Gasteiger charge is 2.21. The Balaban J connectivity index is 4.24. The summed E-state index contributed by atoms with van der Waals surface area (Å²) in [7, 11) is 1.31. The largest absolute Gasteiger partial charge is 0.467 e. The van der Waals surface area contributed by atoms with Crippen LogP contribution in [0.1, 0.15) is 26.7 Å². The first-order valence-corrected chi connectivity index (χ1v) is 5.47. The lowest BCUT2D eigenvalue weighted by Crippen LogP contribution is -2.42. The number of ether oxygens (including phenoxy) is 1. The second-order valence-corrected chi connectivity index (χ2v) is 4.09. The highest BCUT2D eigenvalue weighted by atomic mass is 35.5. The van der Waals surface area contributed by atoms with Crippen molar-refractivity contribution in [3.63, 3.8) is 0 Å². The Morgan fingerprint density at radius 2 is 2.00 bits per heavy atom. The van der Waals surface area contributed by atoms with Crippen LogP contribution in [-0.4, -0.2) is 30.9 Å². The average molecular weight is 236 g/mol. The van der Waals surface area contributed by atoms with Gasteiger partial charge in [-0.2, -0.15) is 0 Å². The predicted molar refractivity (Wildman–Crippen MR) is 58.7 cm³/mol. The number of carbonyl (C=O) groups excluding carboxylic acids is 2. The van der Waals surface area contributed by atoms with Crippen molar-refractivity contribution in [2.75, 3.05) is 13.0 Å². The molecule has 1 N–H and O–H groups in total. The number of amides is 1. The van der Waals surface area contributed by atoms with Crippen LogP contribution in [0, 0.1) is 5.92 Å². The molecule has 1 atom stereocenters. The molecule has 0 saturated carbocycles. The van der Waals surface area contributed by atoms with Gasteiger partial charge in [-0.3, -0.25) is 4.79 Å². The molecule has 0 saturated heterocycles. The summed E-state index contributed by atoms with van der Waals surface area (Å²) in [6.07, 6.45) is 0.786. The number of halogens is 1. The summed E-state index contributed by atoms with van der Waals surface area (Å²) in [6, 6.07) is -0.564. The number of rotatable bonds is 6. The average Bonchev–Trinajstić information content (AvgIpc) is 2.15. The summed E-state index contributed by atoms with van der Waals surface area (Å²) in [5.74, 6) is -0.0698. The van der Waals surface area contributed by atoms with Gasteiger partial charge in [0.15, 0.2) is 0 Å². The number of hydrogen-bond acceptors (Lipinski definition) is 3. The minimum Gasteiger partial charge on any atom is -0.467 e. The van der Waals surface area contributed by atoms with E-state index in [1.165, 1.54) is 7.11 Å². The Bertz CT molecular complexity index is 219. The summed E-state index contributed by atoms with van der Waals surface area (Å²) in [5.41, 5.74) is 0. The topological polar surface area (TPSA) is 55.4 Å². The quantitative estimate of drug-likeness (QED) is 0.558. The number of hydrogen-bond donors (Lipinski definition) is 1. The van der Waals surface area contributed by atoms with Gasteiger partial charge in [0.1, 0.15) is 6.04 Å². The first-order chi connectivity index (χ1) is 7.01. The zero-order chi connectivity index (χ0) is 11.8. The highest BCUT2D eigenvalue weighted by Crippen LogP contribution is 2.06. The fraction of sp³-hybridized carbons (Fsp3) is 0.800.